The van der Waals surface area contributed by atoms with E-state index in [1.807, 2.05) is 35.0 Å². The van der Waals surface area contributed by atoms with Crippen LogP contribution in [0.1, 0.15) is 27.6 Å². The summed E-state index contributed by atoms with van der Waals surface area (Å²) in [5.74, 6) is 11.6. The smallest absolute Gasteiger partial charge is 0.340 e. The van der Waals surface area contributed by atoms with Gasteiger partial charge in [-0.05, 0) is 54.1 Å². The van der Waals surface area contributed by atoms with Gasteiger partial charge in [-0.1, -0.05) is 59.9 Å². The SMILES string of the molecule is CCOC(=O)c1ccccc1NC(=O)CSc1nnc(-c2cccs2)n1N.COC(=O)c1ccccc1NC(=O)CSc1nnc(-c2cccs2)n1N. The number of para-hydroxylation sites is 2. The van der Waals surface area contributed by atoms with Crippen LogP contribution in [0.3, 0.4) is 0 Å². The van der Waals surface area contributed by atoms with E-state index >= 15 is 0 Å². The van der Waals surface area contributed by atoms with Gasteiger partial charge < -0.3 is 31.8 Å². The Balaban J connectivity index is 0.000000204. The van der Waals surface area contributed by atoms with Crippen molar-refractivity contribution < 1.29 is 28.7 Å². The van der Waals surface area contributed by atoms with Crippen molar-refractivity contribution in [1.29, 1.82) is 0 Å². The molecule has 6 N–H and O–H groups in total. The largest absolute Gasteiger partial charge is 0.465 e. The average Bonchev–Trinajstić information content (AvgIpc) is 4.00. The second-order valence-electron chi connectivity index (χ2n) is 10.3. The molecule has 0 fully saturated rings. The summed E-state index contributed by atoms with van der Waals surface area (Å²) in [5, 5.41) is 26.2. The minimum atomic E-state index is -0.518. The fourth-order valence-electron chi connectivity index (χ4n) is 4.39. The third-order valence-electron chi connectivity index (χ3n) is 6.78. The highest BCUT2D eigenvalue weighted by molar-refractivity contribution is 8.00. The number of nitrogens with two attached hydrogens (primary N) is 2. The minimum absolute atomic E-state index is 0.0648. The van der Waals surface area contributed by atoms with Crippen LogP contribution < -0.4 is 22.3 Å². The fourth-order valence-corrected chi connectivity index (χ4v) is 7.11. The molecule has 2 aromatic carbocycles. The number of aromatic nitrogens is 6. The lowest BCUT2D eigenvalue weighted by Gasteiger charge is -2.10. The summed E-state index contributed by atoms with van der Waals surface area (Å²) >= 11 is 5.31. The molecule has 0 saturated carbocycles. The number of thioether (sulfide) groups is 2. The molecule has 0 unspecified atom stereocenters. The maximum absolute atomic E-state index is 12.3. The topological polar surface area (TPSA) is 224 Å². The lowest BCUT2D eigenvalue weighted by atomic mass is 10.2. The van der Waals surface area contributed by atoms with Crippen molar-refractivity contribution in [2.75, 3.05) is 47.5 Å². The van der Waals surface area contributed by atoms with Crippen LogP contribution in [0.5, 0.6) is 0 Å². The highest BCUT2D eigenvalue weighted by Gasteiger charge is 2.18. The molecule has 0 saturated heterocycles. The first-order chi connectivity index (χ1) is 25.7. The van der Waals surface area contributed by atoms with Crippen LogP contribution in [0.25, 0.3) is 21.4 Å². The summed E-state index contributed by atoms with van der Waals surface area (Å²) in [7, 11) is 1.29. The number of esters is 2. The molecule has 16 nitrogen and oxygen atoms in total. The molecule has 0 aliphatic rings. The number of carbonyl (C=O) groups is 4. The predicted molar refractivity (Wildman–Crippen MR) is 206 cm³/mol. The third-order valence-corrected chi connectivity index (χ3v) is 10.4. The van der Waals surface area contributed by atoms with Gasteiger partial charge in [0.25, 0.3) is 0 Å². The predicted octanol–water partition coefficient (Wildman–Crippen LogP) is 4.87. The van der Waals surface area contributed by atoms with Crippen molar-refractivity contribution in [3.8, 4) is 21.4 Å². The van der Waals surface area contributed by atoms with Gasteiger partial charge in [0, 0.05) is 0 Å². The number of thiophene rings is 2. The van der Waals surface area contributed by atoms with Crippen LogP contribution in [-0.2, 0) is 19.1 Å². The van der Waals surface area contributed by atoms with E-state index in [4.69, 9.17) is 21.2 Å². The van der Waals surface area contributed by atoms with E-state index in [1.165, 1.54) is 39.1 Å². The van der Waals surface area contributed by atoms with Crippen LogP contribution in [0, 0.1) is 0 Å². The molecule has 0 aliphatic carbocycles. The maximum Gasteiger partial charge on any atom is 0.340 e. The average molecular weight is 793 g/mol. The molecule has 4 aromatic heterocycles. The summed E-state index contributed by atoms with van der Waals surface area (Å²) in [6.45, 7) is 1.98. The van der Waals surface area contributed by atoms with Crippen LogP contribution in [0.2, 0.25) is 0 Å². The van der Waals surface area contributed by atoms with Gasteiger partial charge >= 0.3 is 11.9 Å². The zero-order valence-corrected chi connectivity index (χ0v) is 31.4. The minimum Gasteiger partial charge on any atom is -0.465 e. The molecule has 0 radical (unpaired) electrons. The van der Waals surface area contributed by atoms with Gasteiger partial charge in [-0.25, -0.2) is 18.9 Å². The first-order valence-corrected chi connectivity index (χ1v) is 19.2. The Bertz CT molecular complexity index is 2170. The number of rotatable bonds is 13. The Morgan fingerprint density at radius 2 is 1.13 bits per heavy atom. The van der Waals surface area contributed by atoms with Crippen LogP contribution in [0.15, 0.2) is 93.9 Å². The monoisotopic (exact) mass is 792 g/mol. The van der Waals surface area contributed by atoms with Crippen LogP contribution >= 0.6 is 46.2 Å². The number of benzene rings is 2. The van der Waals surface area contributed by atoms with Crippen molar-refractivity contribution >= 4 is 81.3 Å². The van der Waals surface area contributed by atoms with Crippen LogP contribution in [-0.4, -0.2) is 78.7 Å². The Hall–Kier alpha value is -5.70. The lowest BCUT2D eigenvalue weighted by Crippen LogP contribution is -2.18. The third kappa shape index (κ3) is 10.0. The number of nitrogen functional groups attached to an aromatic ring is 2. The number of nitrogens with zero attached hydrogens (tertiary/aromatic N) is 6. The van der Waals surface area contributed by atoms with Crippen molar-refractivity contribution in [1.82, 2.24) is 29.7 Å². The lowest BCUT2D eigenvalue weighted by molar-refractivity contribution is -0.114. The van der Waals surface area contributed by atoms with E-state index in [1.54, 1.807) is 55.5 Å². The molecular formula is C33H32N10O6S4. The Morgan fingerprint density at radius 1 is 0.679 bits per heavy atom. The zero-order valence-electron chi connectivity index (χ0n) is 28.1. The molecule has 2 amide bonds. The summed E-state index contributed by atoms with van der Waals surface area (Å²) in [6.07, 6.45) is 0. The van der Waals surface area contributed by atoms with Gasteiger partial charge in [0.2, 0.25) is 22.1 Å². The number of carbonyl (C=O) groups excluding carboxylic acids is 4. The van der Waals surface area contributed by atoms with E-state index in [0.29, 0.717) is 38.9 Å². The van der Waals surface area contributed by atoms with E-state index in [2.05, 4.69) is 31.0 Å². The Kier molecular flexibility index (Phi) is 13.6. The molecule has 6 rings (SSSR count). The van der Waals surface area contributed by atoms with E-state index in [9.17, 15) is 19.2 Å². The van der Waals surface area contributed by atoms with E-state index in [-0.39, 0.29) is 35.5 Å². The molecule has 6 aromatic rings. The van der Waals surface area contributed by atoms with Crippen molar-refractivity contribution in [2.45, 2.75) is 17.2 Å². The normalized spacial score (nSPS) is 10.5. The zero-order chi connectivity index (χ0) is 37.7. The molecular weight excluding hydrogens is 761 g/mol. The van der Waals surface area contributed by atoms with Crippen LogP contribution in [0.4, 0.5) is 11.4 Å². The van der Waals surface area contributed by atoms with Crippen molar-refractivity contribution in [2.24, 2.45) is 0 Å². The number of amides is 2. The molecule has 0 spiro atoms. The second-order valence-corrected chi connectivity index (χ2v) is 14.1. The molecule has 4 heterocycles. The molecule has 274 valence electrons. The number of methoxy groups -OCH3 is 1. The first kappa shape index (κ1) is 38.5. The number of hydrogen-bond donors (Lipinski definition) is 4. The standard InChI is InChI=1S/C17H17N5O3S2.C16H15N5O3S2/c1-2-25-16(24)11-6-3-4-7-12(11)19-14(23)10-27-17-21-20-15(22(17)18)13-8-5-9-26-13;1-24-15(23)10-5-2-3-6-11(10)18-13(22)9-26-16-20-19-14(21(16)17)12-7-4-8-25-12/h3-9H,2,10,18H2,1H3,(H,19,23);2-8H,9,17H2,1H3,(H,18,22). The number of nitrogens with one attached hydrogen (secondary N) is 2. The first-order valence-electron chi connectivity index (χ1n) is 15.5. The second kappa shape index (κ2) is 18.7. The molecule has 0 aliphatic heterocycles. The Labute approximate surface area is 319 Å². The van der Waals surface area contributed by atoms with Gasteiger partial charge in [0.1, 0.15) is 0 Å². The van der Waals surface area contributed by atoms with Gasteiger partial charge in [-0.3, -0.25) is 9.59 Å². The highest BCUT2D eigenvalue weighted by Crippen LogP contribution is 2.27. The summed E-state index contributed by atoms with van der Waals surface area (Å²) < 4.78 is 12.4. The van der Waals surface area contributed by atoms with Crippen molar-refractivity contribution in [3.63, 3.8) is 0 Å². The van der Waals surface area contributed by atoms with E-state index < -0.39 is 11.9 Å². The Morgan fingerprint density at radius 3 is 1.55 bits per heavy atom. The molecule has 53 heavy (non-hydrogen) atoms. The quantitative estimate of drug-likeness (QED) is 0.0696. The number of ether oxygens (including phenoxy) is 2. The summed E-state index contributed by atoms with van der Waals surface area (Å²) in [6, 6.07) is 20.9. The van der Waals surface area contributed by atoms with Gasteiger partial charge in [-0.15, -0.1) is 43.1 Å². The van der Waals surface area contributed by atoms with Gasteiger partial charge in [0.15, 0.2) is 11.6 Å². The molecule has 20 heteroatoms. The summed E-state index contributed by atoms with van der Waals surface area (Å²) in [5.41, 5.74) is 1.38. The fraction of sp³-hybridized carbons (Fsp3) is 0.152. The van der Waals surface area contributed by atoms with Gasteiger partial charge in [0.05, 0.1) is 57.5 Å². The van der Waals surface area contributed by atoms with E-state index in [0.717, 1.165) is 33.3 Å². The van der Waals surface area contributed by atoms with Crippen molar-refractivity contribution in [3.05, 3.63) is 94.7 Å². The van der Waals surface area contributed by atoms with Gasteiger partial charge in [-0.2, -0.15) is 0 Å². The summed E-state index contributed by atoms with van der Waals surface area (Å²) in [4.78, 5) is 50.0. The maximum atomic E-state index is 12.3. The number of anilines is 2. The molecule has 0 atom stereocenters. The number of hydrogen-bond acceptors (Lipinski definition) is 16. The highest BCUT2D eigenvalue weighted by atomic mass is 32.2. The molecule has 0 bridgehead atoms.